The summed E-state index contributed by atoms with van der Waals surface area (Å²) in [6.45, 7) is 1.77. The minimum Gasteiger partial charge on any atom is -0.320 e. The zero-order chi connectivity index (χ0) is 16.4. The first-order valence-electron chi connectivity index (χ1n) is 7.36. The molecule has 0 amide bonds. The van der Waals surface area contributed by atoms with Crippen LogP contribution in [0.5, 0.6) is 0 Å². The van der Waals surface area contributed by atoms with E-state index >= 15 is 0 Å². The molecule has 0 aliphatic rings. The first-order valence-corrected chi connectivity index (χ1v) is 7.36. The van der Waals surface area contributed by atoms with Crippen LogP contribution in [0.15, 0.2) is 71.7 Å². The second kappa shape index (κ2) is 6.18. The maximum Gasteiger partial charge on any atom is 0.186 e. The first kappa shape index (κ1) is 15.2. The minimum absolute atomic E-state index is 0.147. The predicted molar refractivity (Wildman–Crippen MR) is 89.2 cm³/mol. The van der Waals surface area contributed by atoms with Crippen molar-refractivity contribution < 1.29 is 4.39 Å². The number of para-hydroxylation sites is 1. The molecule has 2 N–H and O–H groups in total. The van der Waals surface area contributed by atoms with Crippen molar-refractivity contribution in [1.29, 1.82) is 0 Å². The molecule has 0 aliphatic heterocycles. The van der Waals surface area contributed by atoms with Gasteiger partial charge in [-0.3, -0.25) is 4.79 Å². The van der Waals surface area contributed by atoms with E-state index in [-0.39, 0.29) is 11.2 Å². The summed E-state index contributed by atoms with van der Waals surface area (Å²) in [5.41, 5.74) is 8.43. The smallest absolute Gasteiger partial charge is 0.186 e. The van der Waals surface area contributed by atoms with Crippen LogP contribution in [0.3, 0.4) is 0 Å². The lowest BCUT2D eigenvalue weighted by Gasteiger charge is -2.17. The van der Waals surface area contributed by atoms with Crippen molar-refractivity contribution in [1.82, 2.24) is 4.57 Å². The van der Waals surface area contributed by atoms with E-state index in [1.165, 1.54) is 12.1 Å². The summed E-state index contributed by atoms with van der Waals surface area (Å²) < 4.78 is 15.7. The number of aromatic nitrogens is 1. The number of hydrogen-bond acceptors (Lipinski definition) is 2. The summed E-state index contributed by atoms with van der Waals surface area (Å²) in [7, 11) is 0. The van der Waals surface area contributed by atoms with Crippen LogP contribution < -0.4 is 11.2 Å². The van der Waals surface area contributed by atoms with Gasteiger partial charge in [-0.1, -0.05) is 42.5 Å². The van der Waals surface area contributed by atoms with Crippen molar-refractivity contribution in [3.63, 3.8) is 0 Å². The highest BCUT2D eigenvalue weighted by Gasteiger charge is 2.15. The fraction of sp³-hybridized carbons (Fsp3) is 0.105. The molecule has 1 heterocycles. The summed E-state index contributed by atoms with van der Waals surface area (Å²) in [4.78, 5) is 12.3. The Kier molecular flexibility index (Phi) is 4.08. The second-order valence-electron chi connectivity index (χ2n) is 5.44. The monoisotopic (exact) mass is 308 g/mol. The Labute approximate surface area is 133 Å². The molecule has 0 fully saturated rings. The third kappa shape index (κ3) is 2.94. The Morgan fingerprint density at radius 1 is 1.04 bits per heavy atom. The number of pyridine rings is 1. The van der Waals surface area contributed by atoms with Crippen molar-refractivity contribution in [2.45, 2.75) is 13.0 Å². The molecule has 23 heavy (non-hydrogen) atoms. The van der Waals surface area contributed by atoms with E-state index in [2.05, 4.69) is 0 Å². The van der Waals surface area contributed by atoms with E-state index in [1.807, 2.05) is 30.3 Å². The van der Waals surface area contributed by atoms with Gasteiger partial charge in [0, 0.05) is 23.5 Å². The molecule has 2 aromatic carbocycles. The van der Waals surface area contributed by atoms with Crippen molar-refractivity contribution in [2.24, 2.45) is 5.73 Å². The van der Waals surface area contributed by atoms with Gasteiger partial charge in [0.15, 0.2) is 5.43 Å². The van der Waals surface area contributed by atoms with Crippen LogP contribution in [0, 0.1) is 12.7 Å². The molecule has 116 valence electrons. The number of rotatable bonds is 3. The molecule has 0 bridgehead atoms. The van der Waals surface area contributed by atoms with E-state index in [9.17, 15) is 9.18 Å². The lowest BCUT2D eigenvalue weighted by atomic mass is 10.0. The zero-order valence-electron chi connectivity index (χ0n) is 12.7. The van der Waals surface area contributed by atoms with Gasteiger partial charge in [0.05, 0.1) is 11.7 Å². The number of nitrogens with two attached hydrogens (primary N) is 1. The molecule has 3 aromatic rings. The van der Waals surface area contributed by atoms with Gasteiger partial charge in [-0.2, -0.15) is 0 Å². The number of aryl methyl sites for hydroxylation is 1. The van der Waals surface area contributed by atoms with E-state index < -0.39 is 6.04 Å². The van der Waals surface area contributed by atoms with Crippen LogP contribution in [-0.4, -0.2) is 4.57 Å². The van der Waals surface area contributed by atoms with Gasteiger partial charge in [-0.15, -0.1) is 0 Å². The fourth-order valence-corrected chi connectivity index (χ4v) is 2.63. The Balaban J connectivity index is 2.15. The Hall–Kier alpha value is -2.72. The normalized spacial score (nSPS) is 12.1. The molecule has 3 rings (SSSR count). The fourth-order valence-electron chi connectivity index (χ4n) is 2.63. The summed E-state index contributed by atoms with van der Waals surface area (Å²) in [6.07, 6.45) is 1.63. The molecular formula is C19H17FN2O. The van der Waals surface area contributed by atoms with Crippen LogP contribution in [-0.2, 0) is 0 Å². The Morgan fingerprint density at radius 3 is 2.39 bits per heavy atom. The summed E-state index contributed by atoms with van der Waals surface area (Å²) >= 11 is 0. The quantitative estimate of drug-likeness (QED) is 0.807. The molecule has 4 heteroatoms. The van der Waals surface area contributed by atoms with E-state index in [1.54, 1.807) is 35.9 Å². The molecule has 0 spiro atoms. The molecule has 1 atom stereocenters. The third-order valence-corrected chi connectivity index (χ3v) is 3.88. The van der Waals surface area contributed by atoms with Gasteiger partial charge in [0.1, 0.15) is 5.82 Å². The van der Waals surface area contributed by atoms with Crippen LogP contribution in [0.25, 0.3) is 5.69 Å². The van der Waals surface area contributed by atoms with Gasteiger partial charge >= 0.3 is 0 Å². The lowest BCUT2D eigenvalue weighted by Crippen LogP contribution is -2.23. The molecule has 0 saturated heterocycles. The molecule has 0 saturated carbocycles. The lowest BCUT2D eigenvalue weighted by molar-refractivity contribution is 0.615. The largest absolute Gasteiger partial charge is 0.320 e. The van der Waals surface area contributed by atoms with Crippen molar-refractivity contribution in [3.8, 4) is 5.69 Å². The van der Waals surface area contributed by atoms with Crippen LogP contribution in [0.1, 0.15) is 22.9 Å². The maximum atomic E-state index is 14.1. The highest BCUT2D eigenvalue weighted by atomic mass is 19.1. The minimum atomic E-state index is -0.553. The van der Waals surface area contributed by atoms with Crippen LogP contribution in [0.2, 0.25) is 0 Å². The van der Waals surface area contributed by atoms with Gasteiger partial charge in [-0.25, -0.2) is 4.39 Å². The molecule has 1 unspecified atom stereocenters. The first-order chi connectivity index (χ1) is 11.1. The number of benzene rings is 2. The Bertz CT molecular complexity index is 887. The van der Waals surface area contributed by atoms with Gasteiger partial charge in [0.25, 0.3) is 0 Å². The highest BCUT2D eigenvalue weighted by molar-refractivity contribution is 5.39. The van der Waals surface area contributed by atoms with Crippen molar-refractivity contribution in [3.05, 3.63) is 99.7 Å². The van der Waals surface area contributed by atoms with E-state index in [4.69, 9.17) is 5.73 Å². The summed E-state index contributed by atoms with van der Waals surface area (Å²) in [5, 5.41) is 0. The zero-order valence-corrected chi connectivity index (χ0v) is 12.7. The third-order valence-electron chi connectivity index (χ3n) is 3.88. The topological polar surface area (TPSA) is 48.0 Å². The van der Waals surface area contributed by atoms with E-state index in [0.29, 0.717) is 16.9 Å². The average Bonchev–Trinajstić information content (AvgIpc) is 2.56. The summed E-state index contributed by atoms with van der Waals surface area (Å²) in [6, 6.07) is 16.8. The number of hydrogen-bond donors (Lipinski definition) is 1. The molecule has 3 nitrogen and oxygen atoms in total. The SMILES string of the molecule is Cc1cc(=O)c(C(N)c2ccccc2)cn1-c1ccccc1F. The average molecular weight is 308 g/mol. The predicted octanol–water partition coefficient (Wildman–Crippen LogP) is 3.33. The molecule has 0 radical (unpaired) electrons. The number of halogens is 1. The molecule has 0 aliphatic carbocycles. The highest BCUT2D eigenvalue weighted by Crippen LogP contribution is 2.20. The Morgan fingerprint density at radius 2 is 1.70 bits per heavy atom. The van der Waals surface area contributed by atoms with Gasteiger partial charge < -0.3 is 10.3 Å². The molecular weight excluding hydrogens is 291 g/mol. The van der Waals surface area contributed by atoms with Crippen LogP contribution in [0.4, 0.5) is 4.39 Å². The molecule has 1 aromatic heterocycles. The maximum absolute atomic E-state index is 14.1. The van der Waals surface area contributed by atoms with Gasteiger partial charge in [-0.05, 0) is 24.6 Å². The number of nitrogens with zero attached hydrogens (tertiary/aromatic N) is 1. The van der Waals surface area contributed by atoms with E-state index in [0.717, 1.165) is 5.56 Å². The standard InChI is InChI=1S/C19H17FN2O/c1-13-11-18(23)15(19(21)14-7-3-2-4-8-14)12-22(13)17-10-6-5-9-16(17)20/h2-12,19H,21H2,1H3. The second-order valence-corrected chi connectivity index (χ2v) is 5.44. The van der Waals surface area contributed by atoms with Crippen molar-refractivity contribution >= 4 is 0 Å². The van der Waals surface area contributed by atoms with Gasteiger partial charge in [0.2, 0.25) is 0 Å². The van der Waals surface area contributed by atoms with Crippen LogP contribution >= 0.6 is 0 Å². The summed E-state index contributed by atoms with van der Waals surface area (Å²) in [5.74, 6) is -0.349. The van der Waals surface area contributed by atoms with Crippen molar-refractivity contribution in [2.75, 3.05) is 0 Å².